The summed E-state index contributed by atoms with van der Waals surface area (Å²) in [6, 6.07) is 6.06. The van der Waals surface area contributed by atoms with Crippen molar-refractivity contribution in [3.63, 3.8) is 0 Å². The highest BCUT2D eigenvalue weighted by molar-refractivity contribution is 7.13. The van der Waals surface area contributed by atoms with Crippen molar-refractivity contribution in [1.29, 1.82) is 0 Å². The van der Waals surface area contributed by atoms with Crippen LogP contribution in [0.25, 0.3) is 0 Å². The van der Waals surface area contributed by atoms with E-state index in [-0.39, 0.29) is 5.91 Å². The number of hydrogen-bond acceptors (Lipinski definition) is 3. The highest BCUT2D eigenvalue weighted by Gasteiger charge is 2.16. The first kappa shape index (κ1) is 15.7. The van der Waals surface area contributed by atoms with Crippen molar-refractivity contribution in [3.8, 4) is 0 Å². The van der Waals surface area contributed by atoms with Crippen molar-refractivity contribution in [1.82, 2.24) is 4.98 Å². The van der Waals surface area contributed by atoms with Crippen molar-refractivity contribution in [2.24, 2.45) is 5.92 Å². The van der Waals surface area contributed by atoms with E-state index in [1.165, 1.54) is 11.3 Å². The lowest BCUT2D eigenvalue weighted by Crippen LogP contribution is -2.11. The Balaban J connectivity index is 2.18. The number of benzene rings is 1. The molecule has 112 valence electrons. The Hall–Kier alpha value is -1.68. The van der Waals surface area contributed by atoms with Gasteiger partial charge in [-0.15, -0.1) is 11.3 Å². The van der Waals surface area contributed by atoms with Crippen LogP contribution in [0.5, 0.6) is 0 Å². The molecule has 0 radical (unpaired) electrons. The van der Waals surface area contributed by atoms with Gasteiger partial charge in [-0.25, -0.2) is 4.98 Å². The molecule has 0 fully saturated rings. The number of aryl methyl sites for hydroxylation is 3. The van der Waals surface area contributed by atoms with Crippen molar-refractivity contribution < 1.29 is 4.79 Å². The van der Waals surface area contributed by atoms with Gasteiger partial charge in [-0.05, 0) is 49.9 Å². The molecule has 1 amide bonds. The molecule has 0 saturated carbocycles. The number of hydrogen-bond donors (Lipinski definition) is 1. The molecule has 0 unspecified atom stereocenters. The molecule has 0 aliphatic carbocycles. The maximum Gasteiger partial charge on any atom is 0.267 e. The zero-order valence-electron chi connectivity index (χ0n) is 13.3. The topological polar surface area (TPSA) is 42.0 Å². The molecule has 0 atom stereocenters. The number of aromatic nitrogens is 1. The van der Waals surface area contributed by atoms with E-state index in [9.17, 15) is 4.79 Å². The molecule has 3 nitrogen and oxygen atoms in total. The number of nitrogens with one attached hydrogen (secondary N) is 1. The number of thiazole rings is 1. The first-order valence-corrected chi connectivity index (χ1v) is 8.02. The van der Waals surface area contributed by atoms with Crippen molar-refractivity contribution >= 4 is 22.9 Å². The lowest BCUT2D eigenvalue weighted by atomic mass is 10.1. The predicted octanol–water partition coefficient (Wildman–Crippen LogP) is 4.52. The summed E-state index contributed by atoms with van der Waals surface area (Å²) >= 11 is 1.50. The van der Waals surface area contributed by atoms with Crippen molar-refractivity contribution in [2.75, 3.05) is 5.32 Å². The van der Waals surface area contributed by atoms with Crippen LogP contribution < -0.4 is 5.32 Å². The van der Waals surface area contributed by atoms with Gasteiger partial charge in [0, 0.05) is 12.1 Å². The predicted molar refractivity (Wildman–Crippen MR) is 89.3 cm³/mol. The van der Waals surface area contributed by atoms with Crippen LogP contribution in [-0.4, -0.2) is 10.9 Å². The number of anilines is 1. The van der Waals surface area contributed by atoms with Crippen LogP contribution >= 0.6 is 11.3 Å². The Bertz CT molecular complexity index is 639. The molecule has 0 aliphatic heterocycles. The van der Waals surface area contributed by atoms with E-state index in [1.807, 2.05) is 32.9 Å². The molecule has 1 aromatic carbocycles. The Labute approximate surface area is 130 Å². The summed E-state index contributed by atoms with van der Waals surface area (Å²) in [7, 11) is 0. The van der Waals surface area contributed by atoms with Gasteiger partial charge in [0.25, 0.3) is 5.91 Å². The highest BCUT2D eigenvalue weighted by atomic mass is 32.1. The van der Waals surface area contributed by atoms with Gasteiger partial charge < -0.3 is 5.32 Å². The summed E-state index contributed by atoms with van der Waals surface area (Å²) in [5.74, 6) is 0.482. The summed E-state index contributed by atoms with van der Waals surface area (Å²) in [6.07, 6.45) is 0.919. The fraction of sp³-hybridized carbons (Fsp3) is 0.412. The number of rotatable bonds is 4. The normalized spacial score (nSPS) is 11.0. The molecule has 21 heavy (non-hydrogen) atoms. The molecular formula is C17H22N2OS. The van der Waals surface area contributed by atoms with Gasteiger partial charge in [-0.3, -0.25) is 4.79 Å². The summed E-state index contributed by atoms with van der Waals surface area (Å²) in [4.78, 5) is 17.6. The van der Waals surface area contributed by atoms with Gasteiger partial charge in [0.1, 0.15) is 4.88 Å². The van der Waals surface area contributed by atoms with Crippen LogP contribution in [0.1, 0.15) is 45.3 Å². The second kappa shape index (κ2) is 6.39. The van der Waals surface area contributed by atoms with E-state index in [0.29, 0.717) is 10.8 Å². The van der Waals surface area contributed by atoms with Crippen molar-refractivity contribution in [2.45, 2.75) is 41.0 Å². The lowest BCUT2D eigenvalue weighted by molar-refractivity contribution is 0.103. The standard InChI is InChI=1S/C17H22N2OS/c1-10(2)6-15-18-13(5)16(21-15)17(20)19-14-8-11(3)7-12(4)9-14/h7-10H,6H2,1-5H3,(H,19,20). The molecule has 1 N–H and O–H groups in total. The summed E-state index contributed by atoms with van der Waals surface area (Å²) in [5.41, 5.74) is 3.95. The highest BCUT2D eigenvalue weighted by Crippen LogP contribution is 2.22. The lowest BCUT2D eigenvalue weighted by Gasteiger charge is -2.06. The Morgan fingerprint density at radius 3 is 2.38 bits per heavy atom. The molecule has 2 aromatic rings. The fourth-order valence-electron chi connectivity index (χ4n) is 2.33. The molecule has 2 rings (SSSR count). The number of carbonyl (C=O) groups is 1. The van der Waals surface area contributed by atoms with E-state index in [0.717, 1.165) is 33.9 Å². The first-order valence-electron chi connectivity index (χ1n) is 7.21. The maximum absolute atomic E-state index is 12.4. The number of nitrogens with zero attached hydrogens (tertiary/aromatic N) is 1. The SMILES string of the molecule is Cc1cc(C)cc(NC(=O)c2sc(CC(C)C)nc2C)c1. The zero-order chi connectivity index (χ0) is 15.6. The third-order valence-electron chi connectivity index (χ3n) is 3.11. The van der Waals surface area contributed by atoms with Crippen LogP contribution in [0.4, 0.5) is 5.69 Å². The van der Waals surface area contributed by atoms with Gasteiger partial charge >= 0.3 is 0 Å². The van der Waals surface area contributed by atoms with Crippen LogP contribution in [0.3, 0.4) is 0 Å². The molecule has 0 aliphatic rings. The van der Waals surface area contributed by atoms with Gasteiger partial charge in [-0.2, -0.15) is 0 Å². The Morgan fingerprint density at radius 1 is 1.19 bits per heavy atom. The summed E-state index contributed by atoms with van der Waals surface area (Å²) in [5, 5.41) is 4.01. The van der Waals surface area contributed by atoms with E-state index in [1.54, 1.807) is 0 Å². The number of amides is 1. The first-order chi connectivity index (χ1) is 9.85. The van der Waals surface area contributed by atoms with Crippen LogP contribution in [0.15, 0.2) is 18.2 Å². The van der Waals surface area contributed by atoms with Gasteiger partial charge in [0.05, 0.1) is 10.7 Å². The third-order valence-corrected chi connectivity index (χ3v) is 4.29. The van der Waals surface area contributed by atoms with Crippen LogP contribution in [0, 0.1) is 26.7 Å². The zero-order valence-corrected chi connectivity index (χ0v) is 14.1. The molecule has 1 heterocycles. The minimum Gasteiger partial charge on any atom is -0.321 e. The molecular weight excluding hydrogens is 280 g/mol. The second-order valence-corrected chi connectivity index (χ2v) is 7.03. The summed E-state index contributed by atoms with van der Waals surface area (Å²) < 4.78 is 0. The monoisotopic (exact) mass is 302 g/mol. The van der Waals surface area contributed by atoms with Gasteiger partial charge in [0.15, 0.2) is 0 Å². The molecule has 1 aromatic heterocycles. The minimum atomic E-state index is -0.0648. The van der Waals surface area contributed by atoms with Crippen LogP contribution in [0.2, 0.25) is 0 Å². The smallest absolute Gasteiger partial charge is 0.267 e. The molecule has 0 saturated heterocycles. The maximum atomic E-state index is 12.4. The number of carbonyl (C=O) groups excluding carboxylic acids is 1. The molecule has 4 heteroatoms. The fourth-order valence-corrected chi connectivity index (χ4v) is 3.51. The Morgan fingerprint density at radius 2 is 1.81 bits per heavy atom. The van der Waals surface area contributed by atoms with E-state index in [4.69, 9.17) is 0 Å². The van der Waals surface area contributed by atoms with Crippen molar-refractivity contribution in [3.05, 3.63) is 44.9 Å². The molecule has 0 spiro atoms. The quantitative estimate of drug-likeness (QED) is 0.902. The average molecular weight is 302 g/mol. The largest absolute Gasteiger partial charge is 0.321 e. The van der Waals surface area contributed by atoms with E-state index in [2.05, 4.69) is 30.2 Å². The average Bonchev–Trinajstić information content (AvgIpc) is 2.67. The summed E-state index contributed by atoms with van der Waals surface area (Å²) in [6.45, 7) is 10.3. The second-order valence-electron chi connectivity index (χ2n) is 5.95. The van der Waals surface area contributed by atoms with E-state index < -0.39 is 0 Å². The molecule has 0 bridgehead atoms. The van der Waals surface area contributed by atoms with Gasteiger partial charge in [-0.1, -0.05) is 19.9 Å². The third kappa shape index (κ3) is 4.14. The minimum absolute atomic E-state index is 0.0648. The van der Waals surface area contributed by atoms with Gasteiger partial charge in [0.2, 0.25) is 0 Å². The Kier molecular flexibility index (Phi) is 4.78. The van der Waals surface area contributed by atoms with E-state index >= 15 is 0 Å². The van der Waals surface area contributed by atoms with Crippen LogP contribution in [-0.2, 0) is 6.42 Å².